The zero-order valence-corrected chi connectivity index (χ0v) is 12.0. The molecule has 0 aromatic heterocycles. The molecule has 1 atom stereocenters. The van der Waals surface area contributed by atoms with E-state index in [-0.39, 0.29) is 24.5 Å². The van der Waals surface area contributed by atoms with E-state index >= 15 is 0 Å². The summed E-state index contributed by atoms with van der Waals surface area (Å²) >= 11 is 0. The second-order valence-electron chi connectivity index (χ2n) is 4.33. The van der Waals surface area contributed by atoms with Gasteiger partial charge in [0.15, 0.2) is 11.6 Å². The topological polar surface area (TPSA) is 90.7 Å². The van der Waals surface area contributed by atoms with E-state index in [4.69, 9.17) is 4.74 Å². The van der Waals surface area contributed by atoms with Crippen molar-refractivity contribution < 1.29 is 23.6 Å². The van der Waals surface area contributed by atoms with Crippen molar-refractivity contribution >= 4 is 11.7 Å². The molecular formula is C13H17FN2O5. The summed E-state index contributed by atoms with van der Waals surface area (Å²) in [5.74, 6) is -1.34. The minimum atomic E-state index is -0.814. The molecule has 8 heteroatoms. The zero-order valence-electron chi connectivity index (χ0n) is 12.0. The third-order valence-electron chi connectivity index (χ3n) is 2.95. The predicted molar refractivity (Wildman–Crippen MR) is 72.8 cm³/mol. The summed E-state index contributed by atoms with van der Waals surface area (Å²) in [4.78, 5) is 21.4. The summed E-state index contributed by atoms with van der Waals surface area (Å²) in [6, 6.07) is 1.53. The molecule has 1 N–H and O–H groups in total. The standard InChI is InChI=1S/C13H17FN2O5/c1-8-6-12(9(14)7-11(8)16(18)19)21-5-4-10(15-2)13(17)20-3/h6-7,10,15H,4-5H2,1-3H3. The number of hydrogen-bond donors (Lipinski definition) is 1. The number of aryl methyl sites for hydroxylation is 1. The van der Waals surface area contributed by atoms with Gasteiger partial charge in [-0.05, 0) is 20.0 Å². The highest BCUT2D eigenvalue weighted by Gasteiger charge is 2.19. The zero-order chi connectivity index (χ0) is 16.0. The van der Waals surface area contributed by atoms with Gasteiger partial charge < -0.3 is 14.8 Å². The lowest BCUT2D eigenvalue weighted by Gasteiger charge is -2.14. The Bertz CT molecular complexity index is 536. The van der Waals surface area contributed by atoms with Crippen molar-refractivity contribution in [2.45, 2.75) is 19.4 Å². The number of methoxy groups -OCH3 is 1. The van der Waals surface area contributed by atoms with Crippen LogP contribution in [-0.2, 0) is 9.53 Å². The average Bonchev–Trinajstić information content (AvgIpc) is 2.45. The van der Waals surface area contributed by atoms with Crippen LogP contribution in [0.4, 0.5) is 10.1 Å². The van der Waals surface area contributed by atoms with Crippen LogP contribution in [0.2, 0.25) is 0 Å². The Hall–Kier alpha value is -2.22. The number of nitro groups is 1. The Morgan fingerprint density at radius 1 is 1.52 bits per heavy atom. The number of rotatable bonds is 7. The van der Waals surface area contributed by atoms with Gasteiger partial charge >= 0.3 is 5.97 Å². The Morgan fingerprint density at radius 2 is 2.19 bits per heavy atom. The minimum Gasteiger partial charge on any atom is -0.490 e. The van der Waals surface area contributed by atoms with Crippen LogP contribution < -0.4 is 10.1 Å². The molecular weight excluding hydrogens is 283 g/mol. The molecule has 0 heterocycles. The summed E-state index contributed by atoms with van der Waals surface area (Å²) in [7, 11) is 2.87. The van der Waals surface area contributed by atoms with Crippen molar-refractivity contribution in [2.24, 2.45) is 0 Å². The number of esters is 1. The summed E-state index contributed by atoms with van der Waals surface area (Å²) in [5, 5.41) is 13.4. The van der Waals surface area contributed by atoms with E-state index in [2.05, 4.69) is 10.1 Å². The molecule has 0 saturated heterocycles. The molecule has 0 aliphatic rings. The van der Waals surface area contributed by atoms with E-state index in [1.807, 2.05) is 0 Å². The second kappa shape index (κ2) is 7.53. The molecule has 0 bridgehead atoms. The van der Waals surface area contributed by atoms with Crippen molar-refractivity contribution in [3.63, 3.8) is 0 Å². The van der Waals surface area contributed by atoms with Crippen molar-refractivity contribution in [3.8, 4) is 5.75 Å². The highest BCUT2D eigenvalue weighted by Crippen LogP contribution is 2.27. The Kier molecular flexibility index (Phi) is 6.04. The number of nitro benzene ring substituents is 1. The van der Waals surface area contributed by atoms with E-state index < -0.39 is 22.8 Å². The lowest BCUT2D eigenvalue weighted by molar-refractivity contribution is -0.385. The van der Waals surface area contributed by atoms with E-state index in [1.54, 1.807) is 7.05 Å². The molecule has 0 aliphatic carbocycles. The molecule has 0 radical (unpaired) electrons. The molecule has 0 fully saturated rings. The van der Waals surface area contributed by atoms with E-state index in [0.717, 1.165) is 6.07 Å². The smallest absolute Gasteiger partial charge is 0.322 e. The first-order valence-electron chi connectivity index (χ1n) is 6.23. The van der Waals surface area contributed by atoms with Crippen LogP contribution >= 0.6 is 0 Å². The van der Waals surface area contributed by atoms with Crippen molar-refractivity contribution in [3.05, 3.63) is 33.6 Å². The lowest BCUT2D eigenvalue weighted by Crippen LogP contribution is -2.36. The Labute approximate surface area is 121 Å². The van der Waals surface area contributed by atoms with Gasteiger partial charge in [-0.2, -0.15) is 0 Å². The van der Waals surface area contributed by atoms with Crippen LogP contribution in [0, 0.1) is 22.9 Å². The van der Waals surface area contributed by atoms with Gasteiger partial charge in [-0.25, -0.2) is 4.39 Å². The molecule has 0 amide bonds. The van der Waals surface area contributed by atoms with E-state index in [0.29, 0.717) is 5.56 Å². The molecule has 7 nitrogen and oxygen atoms in total. The summed E-state index contributed by atoms with van der Waals surface area (Å²) in [6.07, 6.45) is 0.276. The maximum absolute atomic E-state index is 13.7. The first kappa shape index (κ1) is 16.8. The minimum absolute atomic E-state index is 0.0643. The third kappa shape index (κ3) is 4.38. The fourth-order valence-corrected chi connectivity index (χ4v) is 1.76. The van der Waals surface area contributed by atoms with Crippen molar-refractivity contribution in [2.75, 3.05) is 20.8 Å². The number of nitrogens with zero attached hydrogens (tertiary/aromatic N) is 1. The second-order valence-corrected chi connectivity index (χ2v) is 4.33. The van der Waals surface area contributed by atoms with Gasteiger partial charge in [0.25, 0.3) is 5.69 Å². The molecule has 0 aliphatic heterocycles. The normalized spacial score (nSPS) is 11.8. The highest BCUT2D eigenvalue weighted by atomic mass is 19.1. The SMILES string of the molecule is CNC(CCOc1cc(C)c([N+](=O)[O-])cc1F)C(=O)OC. The maximum Gasteiger partial charge on any atom is 0.322 e. The average molecular weight is 300 g/mol. The predicted octanol–water partition coefficient (Wildman–Crippen LogP) is 1.57. The highest BCUT2D eigenvalue weighted by molar-refractivity contribution is 5.75. The number of halogens is 1. The largest absolute Gasteiger partial charge is 0.490 e. The summed E-state index contributed by atoms with van der Waals surface area (Å²) in [6.45, 7) is 1.56. The van der Waals surface area contributed by atoms with Crippen LogP contribution in [0.15, 0.2) is 12.1 Å². The summed E-state index contributed by atoms with van der Waals surface area (Å²) in [5.41, 5.74) is -0.00273. The fraction of sp³-hybridized carbons (Fsp3) is 0.462. The van der Waals surface area contributed by atoms with Crippen LogP contribution in [0.3, 0.4) is 0 Å². The monoisotopic (exact) mass is 300 g/mol. The molecule has 1 aromatic carbocycles. The number of nitrogens with one attached hydrogen (secondary N) is 1. The van der Waals surface area contributed by atoms with Crippen molar-refractivity contribution in [1.82, 2.24) is 5.32 Å². The Balaban J connectivity index is 2.70. The van der Waals surface area contributed by atoms with Gasteiger partial charge in [-0.3, -0.25) is 14.9 Å². The van der Waals surface area contributed by atoms with Crippen molar-refractivity contribution in [1.29, 1.82) is 0 Å². The van der Waals surface area contributed by atoms with Crippen LogP contribution in [0.25, 0.3) is 0 Å². The number of ether oxygens (including phenoxy) is 2. The third-order valence-corrected chi connectivity index (χ3v) is 2.95. The number of benzene rings is 1. The van der Waals surface area contributed by atoms with Gasteiger partial charge in [0.1, 0.15) is 6.04 Å². The molecule has 116 valence electrons. The number of carbonyl (C=O) groups is 1. The maximum atomic E-state index is 13.7. The molecule has 0 saturated carbocycles. The lowest BCUT2D eigenvalue weighted by atomic mass is 10.2. The van der Waals surface area contributed by atoms with E-state index in [1.165, 1.54) is 20.1 Å². The molecule has 1 unspecified atom stereocenters. The molecule has 1 rings (SSSR count). The summed E-state index contributed by atoms with van der Waals surface area (Å²) < 4.78 is 23.5. The van der Waals surface area contributed by atoms with Gasteiger partial charge in [0, 0.05) is 12.0 Å². The number of hydrogen-bond acceptors (Lipinski definition) is 6. The Morgan fingerprint density at radius 3 is 2.71 bits per heavy atom. The first-order chi connectivity index (χ1) is 9.90. The first-order valence-corrected chi connectivity index (χ1v) is 6.23. The molecule has 1 aromatic rings. The van der Waals surface area contributed by atoms with Crippen LogP contribution in [0.1, 0.15) is 12.0 Å². The van der Waals surface area contributed by atoms with Gasteiger partial charge in [0.05, 0.1) is 24.7 Å². The number of carbonyl (C=O) groups excluding carboxylic acids is 1. The van der Waals surface area contributed by atoms with Gasteiger partial charge in [0.2, 0.25) is 0 Å². The van der Waals surface area contributed by atoms with Gasteiger partial charge in [-0.1, -0.05) is 0 Å². The quantitative estimate of drug-likeness (QED) is 0.467. The number of likely N-dealkylation sites (N-methyl/N-ethyl adjacent to an activating group) is 1. The van der Waals surface area contributed by atoms with Crippen LogP contribution in [-0.4, -0.2) is 37.7 Å². The van der Waals surface area contributed by atoms with Crippen LogP contribution in [0.5, 0.6) is 5.75 Å². The van der Waals surface area contributed by atoms with E-state index in [9.17, 15) is 19.3 Å². The fourth-order valence-electron chi connectivity index (χ4n) is 1.76. The molecule has 0 spiro atoms. The molecule has 21 heavy (non-hydrogen) atoms. The van der Waals surface area contributed by atoms with Gasteiger partial charge in [-0.15, -0.1) is 0 Å².